The maximum absolute atomic E-state index is 11.8. The fraction of sp³-hybridized carbons (Fsp3) is 0.516. The van der Waals surface area contributed by atoms with E-state index < -0.39 is 24.4 Å². The van der Waals surface area contributed by atoms with Gasteiger partial charge in [-0.15, -0.1) is 0 Å². The summed E-state index contributed by atoms with van der Waals surface area (Å²) in [6.45, 7) is 1.85. The number of benzene rings is 1. The van der Waals surface area contributed by atoms with Gasteiger partial charge in [0.2, 0.25) is 0 Å². The van der Waals surface area contributed by atoms with Crippen LogP contribution in [0.2, 0.25) is 0 Å². The zero-order valence-electron chi connectivity index (χ0n) is 26.8. The van der Waals surface area contributed by atoms with E-state index in [9.17, 15) is 34.8 Å². The molecular formula is C31H44N6O10S. The van der Waals surface area contributed by atoms with Crippen LogP contribution in [-0.4, -0.2) is 148 Å². The minimum atomic E-state index is -1.64. The molecule has 3 rings (SSSR count). The predicted octanol–water partition coefficient (Wildman–Crippen LogP) is 0.178. The van der Waals surface area contributed by atoms with E-state index in [1.165, 1.54) is 7.11 Å². The number of aliphatic hydroxyl groups is 2. The Hall–Kier alpha value is -3.97. The number of thiocarbonyl (C=S) groups is 1. The lowest BCUT2D eigenvalue weighted by atomic mass is 10.0. The number of ether oxygens (including phenoxy) is 3. The normalized spacial score (nSPS) is 16.4. The summed E-state index contributed by atoms with van der Waals surface area (Å²) >= 11 is 5.36. The minimum absolute atomic E-state index is 0.0774. The van der Waals surface area contributed by atoms with Crippen molar-refractivity contribution in [2.45, 2.75) is 31.8 Å². The highest BCUT2D eigenvalue weighted by atomic mass is 32.1. The monoisotopic (exact) mass is 692 g/mol. The Morgan fingerprint density at radius 3 is 2.29 bits per heavy atom. The number of carbonyl (C=O) groups excluding carboxylic acids is 1. The van der Waals surface area contributed by atoms with Gasteiger partial charge in [-0.1, -0.05) is 18.2 Å². The lowest BCUT2D eigenvalue weighted by molar-refractivity contribution is -0.140. The molecule has 264 valence electrons. The summed E-state index contributed by atoms with van der Waals surface area (Å²) < 4.78 is 14.5. The zero-order chi connectivity index (χ0) is 34.9. The number of methoxy groups -OCH3 is 1. The number of carboxylic acids is 2. The molecule has 0 radical (unpaired) electrons. The standard InChI is InChI=1S/C31H44N6O10S/c1-45-31(44)47-14-13-46-12-9-32-30(48)34-23-7-5-22(6-8-23)15-26-18-36(20-28(40)41)11-10-35(19-27(38)39)16-24-3-2-4-25(33-24)17-37(26)21-29(42)43/h2-8,26,29,42-43H,9-21H2,1H3,(H,38,39)(H,40,41)(H2,32,34,48)/t26-/m0/s1. The molecule has 0 amide bonds. The highest BCUT2D eigenvalue weighted by molar-refractivity contribution is 7.80. The molecule has 1 atom stereocenters. The maximum atomic E-state index is 11.8. The summed E-state index contributed by atoms with van der Waals surface area (Å²) in [5, 5.41) is 45.7. The number of anilines is 1. The summed E-state index contributed by atoms with van der Waals surface area (Å²) in [5.41, 5.74) is 2.98. The first-order valence-electron chi connectivity index (χ1n) is 15.4. The second kappa shape index (κ2) is 20.4. The average molecular weight is 693 g/mol. The second-order valence-corrected chi connectivity index (χ2v) is 11.5. The van der Waals surface area contributed by atoms with Crippen LogP contribution in [0.3, 0.4) is 0 Å². The summed E-state index contributed by atoms with van der Waals surface area (Å²) in [4.78, 5) is 44.4. The van der Waals surface area contributed by atoms with Crippen LogP contribution < -0.4 is 10.6 Å². The van der Waals surface area contributed by atoms with Gasteiger partial charge in [0, 0.05) is 57.5 Å². The molecule has 0 aliphatic carbocycles. The van der Waals surface area contributed by atoms with Gasteiger partial charge in [-0.2, -0.15) is 0 Å². The van der Waals surface area contributed by atoms with Crippen LogP contribution in [0.5, 0.6) is 0 Å². The van der Waals surface area contributed by atoms with Crippen LogP contribution >= 0.6 is 12.2 Å². The third kappa shape index (κ3) is 14.8. The van der Waals surface area contributed by atoms with E-state index in [2.05, 4.69) is 15.4 Å². The number of carbonyl (C=O) groups is 3. The number of aliphatic hydroxyl groups excluding tert-OH is 1. The second-order valence-electron chi connectivity index (χ2n) is 11.1. The van der Waals surface area contributed by atoms with Gasteiger partial charge in [0.25, 0.3) is 0 Å². The van der Waals surface area contributed by atoms with Crippen LogP contribution in [-0.2, 0) is 43.3 Å². The molecule has 48 heavy (non-hydrogen) atoms. The number of aromatic nitrogens is 1. The minimum Gasteiger partial charge on any atom is -0.480 e. The largest absolute Gasteiger partial charge is 0.508 e. The smallest absolute Gasteiger partial charge is 0.480 e. The van der Waals surface area contributed by atoms with E-state index in [4.69, 9.17) is 26.7 Å². The highest BCUT2D eigenvalue weighted by Crippen LogP contribution is 2.18. The van der Waals surface area contributed by atoms with Crippen molar-refractivity contribution >= 4 is 41.1 Å². The molecule has 1 aliphatic rings. The first-order chi connectivity index (χ1) is 23.0. The molecule has 0 saturated carbocycles. The van der Waals surface area contributed by atoms with Crippen molar-refractivity contribution in [1.29, 1.82) is 0 Å². The Morgan fingerprint density at radius 1 is 0.958 bits per heavy atom. The topological polar surface area (TPSA) is 206 Å². The van der Waals surface area contributed by atoms with Gasteiger partial charge in [0.15, 0.2) is 11.4 Å². The Labute approximate surface area is 284 Å². The van der Waals surface area contributed by atoms with E-state index in [1.54, 1.807) is 15.9 Å². The van der Waals surface area contributed by atoms with Crippen LogP contribution in [0.25, 0.3) is 0 Å². The molecule has 2 bridgehead atoms. The summed E-state index contributed by atoms with van der Waals surface area (Å²) in [7, 11) is 1.23. The van der Waals surface area contributed by atoms with Crippen molar-refractivity contribution < 1.29 is 49.0 Å². The Kier molecular flexibility index (Phi) is 16.4. The number of nitrogens with one attached hydrogen (secondary N) is 2. The van der Waals surface area contributed by atoms with Crippen molar-refractivity contribution in [3.05, 3.63) is 59.4 Å². The van der Waals surface area contributed by atoms with Gasteiger partial charge in [-0.05, 0) is 48.5 Å². The number of pyridine rings is 1. The van der Waals surface area contributed by atoms with E-state index in [0.29, 0.717) is 42.6 Å². The summed E-state index contributed by atoms with van der Waals surface area (Å²) in [5.74, 6) is -2.02. The van der Waals surface area contributed by atoms with Crippen LogP contribution in [0.1, 0.15) is 17.0 Å². The molecule has 0 unspecified atom stereocenters. The van der Waals surface area contributed by atoms with Gasteiger partial charge < -0.3 is 45.3 Å². The van der Waals surface area contributed by atoms with Gasteiger partial charge in [-0.25, -0.2) is 4.79 Å². The molecule has 1 aromatic heterocycles. The number of hydrogen-bond donors (Lipinski definition) is 6. The number of rotatable bonds is 15. The van der Waals surface area contributed by atoms with Gasteiger partial charge in [-0.3, -0.25) is 29.3 Å². The molecule has 2 aromatic rings. The van der Waals surface area contributed by atoms with Gasteiger partial charge >= 0.3 is 18.1 Å². The Bertz CT molecular complexity index is 1340. The molecule has 16 nitrogen and oxygen atoms in total. The number of aliphatic carboxylic acids is 2. The molecule has 0 fully saturated rings. The lowest BCUT2D eigenvalue weighted by Gasteiger charge is -2.37. The quantitative estimate of drug-likeness (QED) is 0.0637. The average Bonchev–Trinajstić information content (AvgIpc) is 3.02. The molecule has 0 saturated heterocycles. The molecule has 1 aliphatic heterocycles. The van der Waals surface area contributed by atoms with Crippen LogP contribution in [0, 0.1) is 0 Å². The SMILES string of the molecule is COC(=O)OCCOCCNC(=S)Nc1ccc(C[C@H]2CN(CC(=O)O)CCN(CC(=O)O)Cc3cccc(n3)CN2CC(O)O)cc1. The van der Waals surface area contributed by atoms with Gasteiger partial charge in [0.1, 0.15) is 6.61 Å². The number of carboxylic acid groups (broad SMARTS) is 2. The molecular weight excluding hydrogens is 648 g/mol. The van der Waals surface area contributed by atoms with E-state index >= 15 is 0 Å². The van der Waals surface area contributed by atoms with Crippen LogP contribution in [0.15, 0.2) is 42.5 Å². The molecule has 1 aromatic carbocycles. The number of hydrogen-bond acceptors (Lipinski definition) is 13. The molecule has 0 spiro atoms. The Morgan fingerprint density at radius 2 is 1.62 bits per heavy atom. The number of nitrogens with zero attached hydrogens (tertiary/aromatic N) is 4. The summed E-state index contributed by atoms with van der Waals surface area (Å²) in [6.07, 6.45) is -1.96. The van der Waals surface area contributed by atoms with Crippen molar-refractivity contribution in [3.63, 3.8) is 0 Å². The van der Waals surface area contributed by atoms with E-state index in [0.717, 1.165) is 11.3 Å². The first kappa shape index (κ1) is 38.5. The highest BCUT2D eigenvalue weighted by Gasteiger charge is 2.27. The molecule has 17 heteroatoms. The number of fused-ring (bicyclic) bond motifs is 2. The Balaban J connectivity index is 1.70. The van der Waals surface area contributed by atoms with E-state index in [1.807, 2.05) is 41.3 Å². The van der Waals surface area contributed by atoms with Crippen molar-refractivity contribution in [1.82, 2.24) is 25.0 Å². The van der Waals surface area contributed by atoms with Gasteiger partial charge in [0.05, 0.1) is 44.8 Å². The molecule has 2 heterocycles. The van der Waals surface area contributed by atoms with Crippen LogP contribution in [0.4, 0.5) is 10.5 Å². The predicted molar refractivity (Wildman–Crippen MR) is 177 cm³/mol. The molecule has 6 N–H and O–H groups in total. The van der Waals surface area contributed by atoms with Crippen molar-refractivity contribution in [2.24, 2.45) is 0 Å². The van der Waals surface area contributed by atoms with Crippen molar-refractivity contribution in [2.75, 3.05) is 78.1 Å². The summed E-state index contributed by atoms with van der Waals surface area (Å²) in [6, 6.07) is 12.6. The fourth-order valence-corrected chi connectivity index (χ4v) is 5.39. The van der Waals surface area contributed by atoms with Crippen molar-refractivity contribution in [3.8, 4) is 0 Å². The first-order valence-corrected chi connectivity index (χ1v) is 15.8. The third-order valence-corrected chi connectivity index (χ3v) is 7.52. The third-order valence-electron chi connectivity index (χ3n) is 7.28. The maximum Gasteiger partial charge on any atom is 0.508 e. The zero-order valence-corrected chi connectivity index (χ0v) is 27.6. The van der Waals surface area contributed by atoms with E-state index in [-0.39, 0.29) is 65.1 Å². The fourth-order valence-electron chi connectivity index (χ4n) is 5.17. The number of β-amino-alcohol motifs (C(OH)–C–C–N with tert-alkyl or cyclic N) is 2. The lowest BCUT2D eigenvalue weighted by Crippen LogP contribution is -2.50.